The summed E-state index contributed by atoms with van der Waals surface area (Å²) in [5.41, 5.74) is 2.39. The van der Waals surface area contributed by atoms with Gasteiger partial charge in [-0.3, -0.25) is 0 Å². The molecule has 3 heteroatoms. The molecule has 2 aromatic rings. The van der Waals surface area contributed by atoms with Gasteiger partial charge >= 0.3 is 0 Å². The Kier molecular flexibility index (Phi) is 5.05. The van der Waals surface area contributed by atoms with Crippen LogP contribution in [-0.4, -0.2) is 7.05 Å². The van der Waals surface area contributed by atoms with Gasteiger partial charge in [0.15, 0.2) is 0 Å². The minimum atomic E-state index is 0.268. The van der Waals surface area contributed by atoms with Crippen LogP contribution in [0.4, 0.5) is 0 Å². The number of ether oxygens (including phenoxy) is 1. The lowest BCUT2D eigenvalue weighted by molar-refractivity contribution is 0.481. The molecular weight excluding hydrogens is 270 g/mol. The van der Waals surface area contributed by atoms with Crippen LogP contribution >= 0.6 is 11.6 Å². The van der Waals surface area contributed by atoms with Crippen LogP contribution in [0.3, 0.4) is 0 Å². The van der Waals surface area contributed by atoms with E-state index in [4.69, 9.17) is 16.3 Å². The maximum atomic E-state index is 6.30. The fourth-order valence-electron chi connectivity index (χ4n) is 1.99. The quantitative estimate of drug-likeness (QED) is 0.838. The van der Waals surface area contributed by atoms with Crippen LogP contribution in [0.25, 0.3) is 0 Å². The molecule has 2 aromatic carbocycles. The number of halogens is 1. The van der Waals surface area contributed by atoms with Gasteiger partial charge in [0.1, 0.15) is 11.5 Å². The summed E-state index contributed by atoms with van der Waals surface area (Å²) in [6.07, 6.45) is 0.990. The smallest absolute Gasteiger partial charge is 0.146 e. The van der Waals surface area contributed by atoms with Crippen molar-refractivity contribution in [2.75, 3.05) is 7.05 Å². The number of nitrogens with one attached hydrogen (secondary N) is 1. The molecule has 0 saturated carbocycles. The number of hydrogen-bond donors (Lipinski definition) is 1. The van der Waals surface area contributed by atoms with Crippen LogP contribution in [0.2, 0.25) is 5.02 Å². The summed E-state index contributed by atoms with van der Waals surface area (Å²) in [6.45, 7) is 4.22. The molecule has 0 radical (unpaired) electrons. The number of hydrogen-bond acceptors (Lipinski definition) is 2. The Balaban J connectivity index is 2.21. The molecule has 0 aromatic heterocycles. The molecule has 0 aliphatic carbocycles. The summed E-state index contributed by atoms with van der Waals surface area (Å²) < 4.78 is 5.87. The van der Waals surface area contributed by atoms with Crippen molar-refractivity contribution in [3.63, 3.8) is 0 Å². The zero-order valence-corrected chi connectivity index (χ0v) is 12.9. The molecule has 0 amide bonds. The molecule has 106 valence electrons. The molecule has 0 spiro atoms. The van der Waals surface area contributed by atoms with Crippen LogP contribution in [0.5, 0.6) is 11.5 Å². The monoisotopic (exact) mass is 289 g/mol. The normalized spacial score (nSPS) is 12.2. The molecule has 20 heavy (non-hydrogen) atoms. The highest BCUT2D eigenvalue weighted by Gasteiger charge is 2.08. The Hall–Kier alpha value is -1.51. The van der Waals surface area contributed by atoms with Crippen molar-refractivity contribution < 1.29 is 4.74 Å². The van der Waals surface area contributed by atoms with Gasteiger partial charge in [-0.15, -0.1) is 0 Å². The highest BCUT2D eigenvalue weighted by Crippen LogP contribution is 2.31. The lowest BCUT2D eigenvalue weighted by Crippen LogP contribution is -2.12. The average molecular weight is 290 g/mol. The molecule has 1 unspecified atom stereocenters. The first kappa shape index (κ1) is 14.9. The Bertz CT molecular complexity index is 583. The average Bonchev–Trinajstić information content (AvgIpc) is 2.48. The van der Waals surface area contributed by atoms with E-state index in [1.807, 2.05) is 43.4 Å². The van der Waals surface area contributed by atoms with E-state index in [1.54, 1.807) is 0 Å². The summed E-state index contributed by atoms with van der Waals surface area (Å²) in [4.78, 5) is 0. The molecule has 1 N–H and O–H groups in total. The van der Waals surface area contributed by atoms with Gasteiger partial charge in [0.05, 0.1) is 5.02 Å². The van der Waals surface area contributed by atoms with E-state index in [9.17, 15) is 0 Å². The Morgan fingerprint density at radius 2 is 2.00 bits per heavy atom. The molecule has 0 aliphatic rings. The predicted molar refractivity (Wildman–Crippen MR) is 84.8 cm³/mol. The van der Waals surface area contributed by atoms with Crippen molar-refractivity contribution >= 4 is 11.6 Å². The summed E-state index contributed by atoms with van der Waals surface area (Å²) >= 11 is 6.30. The van der Waals surface area contributed by atoms with Gasteiger partial charge in [-0.1, -0.05) is 36.7 Å². The number of aryl methyl sites for hydroxylation is 1. The third-order valence-corrected chi connectivity index (χ3v) is 3.72. The molecule has 1 atom stereocenters. The van der Waals surface area contributed by atoms with E-state index in [1.165, 1.54) is 5.56 Å². The Morgan fingerprint density at radius 3 is 2.65 bits per heavy atom. The molecule has 0 bridgehead atoms. The fraction of sp³-hybridized carbons (Fsp3) is 0.294. The number of benzene rings is 2. The second-order valence-corrected chi connectivity index (χ2v) is 5.21. The second kappa shape index (κ2) is 6.78. The van der Waals surface area contributed by atoms with Gasteiger partial charge in [0.2, 0.25) is 0 Å². The fourth-order valence-corrected chi connectivity index (χ4v) is 2.22. The van der Waals surface area contributed by atoms with Crippen LogP contribution in [0, 0.1) is 0 Å². The Labute approximate surface area is 125 Å². The summed E-state index contributed by atoms with van der Waals surface area (Å²) in [7, 11) is 1.93. The first-order valence-electron chi connectivity index (χ1n) is 6.87. The van der Waals surface area contributed by atoms with Crippen molar-refractivity contribution in [3.05, 3.63) is 58.6 Å². The van der Waals surface area contributed by atoms with Crippen molar-refractivity contribution in [2.24, 2.45) is 0 Å². The van der Waals surface area contributed by atoms with Crippen LogP contribution < -0.4 is 10.1 Å². The van der Waals surface area contributed by atoms with E-state index >= 15 is 0 Å². The predicted octanol–water partition coefficient (Wildman–Crippen LogP) is 4.98. The molecule has 0 heterocycles. The molecule has 2 nitrogen and oxygen atoms in total. The standard InChI is InChI=1S/C17H20ClNO/c1-4-13-6-5-7-15(10-13)20-17-9-8-14(11-16(17)18)12(2)19-3/h5-12,19H,4H2,1-3H3. The third-order valence-electron chi connectivity index (χ3n) is 3.42. The van der Waals surface area contributed by atoms with Gasteiger partial charge in [0, 0.05) is 6.04 Å². The van der Waals surface area contributed by atoms with E-state index in [-0.39, 0.29) is 6.04 Å². The minimum Gasteiger partial charge on any atom is -0.456 e. The van der Waals surface area contributed by atoms with E-state index < -0.39 is 0 Å². The molecule has 2 rings (SSSR count). The molecule has 0 aliphatic heterocycles. The van der Waals surface area contributed by atoms with Crippen molar-refractivity contribution in [2.45, 2.75) is 26.3 Å². The van der Waals surface area contributed by atoms with Gasteiger partial charge < -0.3 is 10.1 Å². The number of rotatable bonds is 5. The lowest BCUT2D eigenvalue weighted by Gasteiger charge is -2.13. The van der Waals surface area contributed by atoms with E-state index in [0.717, 1.165) is 17.7 Å². The summed E-state index contributed by atoms with van der Waals surface area (Å²) in [6, 6.07) is 14.2. The van der Waals surface area contributed by atoms with E-state index in [0.29, 0.717) is 10.8 Å². The molecular formula is C17H20ClNO. The molecule has 0 fully saturated rings. The van der Waals surface area contributed by atoms with E-state index in [2.05, 4.69) is 25.2 Å². The van der Waals surface area contributed by atoms with Crippen molar-refractivity contribution in [3.8, 4) is 11.5 Å². The largest absolute Gasteiger partial charge is 0.456 e. The minimum absolute atomic E-state index is 0.268. The zero-order valence-electron chi connectivity index (χ0n) is 12.1. The SMILES string of the molecule is CCc1cccc(Oc2ccc(C(C)NC)cc2Cl)c1. The first-order valence-corrected chi connectivity index (χ1v) is 7.25. The highest BCUT2D eigenvalue weighted by molar-refractivity contribution is 6.32. The van der Waals surface area contributed by atoms with Crippen LogP contribution in [-0.2, 0) is 6.42 Å². The zero-order chi connectivity index (χ0) is 14.5. The second-order valence-electron chi connectivity index (χ2n) is 4.80. The molecule has 0 saturated heterocycles. The Morgan fingerprint density at radius 1 is 1.20 bits per heavy atom. The van der Waals surface area contributed by atoms with Gasteiger partial charge in [-0.05, 0) is 55.8 Å². The topological polar surface area (TPSA) is 21.3 Å². The lowest BCUT2D eigenvalue weighted by atomic mass is 10.1. The maximum Gasteiger partial charge on any atom is 0.146 e. The van der Waals surface area contributed by atoms with Gasteiger partial charge in [-0.25, -0.2) is 0 Å². The highest BCUT2D eigenvalue weighted by atomic mass is 35.5. The maximum absolute atomic E-state index is 6.30. The van der Waals surface area contributed by atoms with Gasteiger partial charge in [0.25, 0.3) is 0 Å². The van der Waals surface area contributed by atoms with Crippen molar-refractivity contribution in [1.29, 1.82) is 0 Å². The van der Waals surface area contributed by atoms with Crippen molar-refractivity contribution in [1.82, 2.24) is 5.32 Å². The van der Waals surface area contributed by atoms with Crippen LogP contribution in [0.15, 0.2) is 42.5 Å². The first-order chi connectivity index (χ1) is 9.63. The van der Waals surface area contributed by atoms with Crippen LogP contribution in [0.1, 0.15) is 31.0 Å². The third kappa shape index (κ3) is 3.53. The van der Waals surface area contributed by atoms with Gasteiger partial charge in [-0.2, -0.15) is 0 Å². The summed E-state index contributed by atoms with van der Waals surface area (Å²) in [5.74, 6) is 1.51. The summed E-state index contributed by atoms with van der Waals surface area (Å²) in [5, 5.41) is 3.82.